The average molecular weight is 540 g/mol. The number of benzene rings is 1. The SMILES string of the molecule is CO[C@H]1C[C@@H](S(=O)(=O)c2ccc(-c3cnn(CC(N)=O)c3)cc2C(F)(F)F)C[C@@H]1C(=O)NC1(C#N)CC1. The van der Waals surface area contributed by atoms with Crippen molar-refractivity contribution in [3.05, 3.63) is 36.2 Å². The first-order valence-corrected chi connectivity index (χ1v) is 12.9. The van der Waals surface area contributed by atoms with E-state index in [0.717, 1.165) is 16.8 Å². The van der Waals surface area contributed by atoms with Crippen LogP contribution in [0.5, 0.6) is 0 Å². The molecule has 198 valence electrons. The summed E-state index contributed by atoms with van der Waals surface area (Å²) >= 11 is 0. The zero-order chi connectivity index (χ0) is 27.2. The van der Waals surface area contributed by atoms with Crippen molar-refractivity contribution in [1.29, 1.82) is 5.26 Å². The van der Waals surface area contributed by atoms with Crippen LogP contribution in [0.25, 0.3) is 11.1 Å². The Morgan fingerprint density at radius 2 is 2.00 bits per heavy atom. The van der Waals surface area contributed by atoms with Crippen LogP contribution in [0.2, 0.25) is 0 Å². The highest BCUT2D eigenvalue weighted by Crippen LogP contribution is 2.43. The van der Waals surface area contributed by atoms with Gasteiger partial charge in [-0.3, -0.25) is 14.3 Å². The molecular weight excluding hydrogens is 515 g/mol. The first-order valence-electron chi connectivity index (χ1n) is 11.3. The second-order valence-electron chi connectivity index (χ2n) is 9.30. The summed E-state index contributed by atoms with van der Waals surface area (Å²) in [7, 11) is -3.24. The summed E-state index contributed by atoms with van der Waals surface area (Å²) in [4.78, 5) is 23.0. The minimum absolute atomic E-state index is 0.0478. The molecule has 2 aromatic rings. The number of hydrogen-bond acceptors (Lipinski definition) is 7. The number of amides is 2. The van der Waals surface area contributed by atoms with Crippen molar-refractivity contribution in [2.24, 2.45) is 11.7 Å². The van der Waals surface area contributed by atoms with E-state index in [1.807, 2.05) is 6.07 Å². The van der Waals surface area contributed by atoms with Gasteiger partial charge in [-0.15, -0.1) is 0 Å². The summed E-state index contributed by atoms with van der Waals surface area (Å²) in [6.45, 7) is -0.273. The molecule has 37 heavy (non-hydrogen) atoms. The number of nitriles is 1. The number of alkyl halides is 3. The first kappa shape index (κ1) is 26.6. The number of rotatable bonds is 8. The molecule has 1 aromatic carbocycles. The van der Waals surface area contributed by atoms with Crippen molar-refractivity contribution in [1.82, 2.24) is 15.1 Å². The highest BCUT2D eigenvalue weighted by molar-refractivity contribution is 7.92. The minimum Gasteiger partial charge on any atom is -0.381 e. The molecule has 2 amide bonds. The molecule has 1 aromatic heterocycles. The van der Waals surface area contributed by atoms with Gasteiger partial charge in [0, 0.05) is 18.9 Å². The molecule has 3 N–H and O–H groups in total. The molecule has 0 saturated heterocycles. The summed E-state index contributed by atoms with van der Waals surface area (Å²) in [5, 5.41) is 14.4. The Balaban J connectivity index is 1.64. The number of aromatic nitrogens is 2. The smallest absolute Gasteiger partial charge is 0.381 e. The molecule has 4 rings (SSSR count). The third-order valence-corrected chi connectivity index (χ3v) is 8.97. The van der Waals surface area contributed by atoms with E-state index in [-0.39, 0.29) is 30.5 Å². The maximum absolute atomic E-state index is 14.1. The zero-order valence-electron chi connectivity index (χ0n) is 19.7. The van der Waals surface area contributed by atoms with Crippen molar-refractivity contribution in [3.63, 3.8) is 0 Å². The summed E-state index contributed by atoms with van der Waals surface area (Å²) in [6, 6.07) is 4.85. The highest BCUT2D eigenvalue weighted by atomic mass is 32.2. The summed E-state index contributed by atoms with van der Waals surface area (Å²) in [5.41, 5.74) is 3.06. The normalized spacial score (nSPS) is 22.8. The topological polar surface area (TPSA) is 157 Å². The molecule has 10 nitrogen and oxygen atoms in total. The lowest BCUT2D eigenvalue weighted by molar-refractivity contribution is -0.139. The fourth-order valence-electron chi connectivity index (χ4n) is 4.58. The molecule has 2 saturated carbocycles. The van der Waals surface area contributed by atoms with E-state index in [2.05, 4.69) is 10.4 Å². The average Bonchev–Trinajstić information content (AvgIpc) is 3.23. The van der Waals surface area contributed by atoms with Crippen molar-refractivity contribution in [2.45, 2.75) is 60.2 Å². The molecule has 2 fully saturated rings. The van der Waals surface area contributed by atoms with Gasteiger partial charge in [-0.25, -0.2) is 8.42 Å². The molecule has 0 spiro atoms. The number of nitrogens with one attached hydrogen (secondary N) is 1. The largest absolute Gasteiger partial charge is 0.417 e. The van der Waals surface area contributed by atoms with Crippen molar-refractivity contribution >= 4 is 21.7 Å². The van der Waals surface area contributed by atoms with Crippen LogP contribution in [0.1, 0.15) is 31.2 Å². The second-order valence-corrected chi connectivity index (χ2v) is 11.5. The van der Waals surface area contributed by atoms with E-state index in [1.165, 1.54) is 25.6 Å². The van der Waals surface area contributed by atoms with Gasteiger partial charge in [0.2, 0.25) is 11.8 Å². The molecule has 1 heterocycles. The van der Waals surface area contributed by atoms with Crippen LogP contribution < -0.4 is 11.1 Å². The molecule has 0 bridgehead atoms. The third kappa shape index (κ3) is 5.33. The van der Waals surface area contributed by atoms with Gasteiger partial charge in [-0.1, -0.05) is 6.07 Å². The Hall–Kier alpha value is -3.44. The monoisotopic (exact) mass is 539 g/mol. The molecule has 3 atom stereocenters. The maximum Gasteiger partial charge on any atom is 0.417 e. The predicted molar refractivity (Wildman–Crippen MR) is 122 cm³/mol. The van der Waals surface area contributed by atoms with E-state index in [9.17, 15) is 36.4 Å². The van der Waals surface area contributed by atoms with Crippen LogP contribution in [0.3, 0.4) is 0 Å². The van der Waals surface area contributed by atoms with E-state index < -0.39 is 61.1 Å². The maximum atomic E-state index is 14.1. The molecule has 14 heteroatoms. The van der Waals surface area contributed by atoms with Crippen LogP contribution in [-0.2, 0) is 36.9 Å². The number of primary amides is 1. The third-order valence-electron chi connectivity index (χ3n) is 6.74. The summed E-state index contributed by atoms with van der Waals surface area (Å²) in [5.74, 6) is -2.17. The highest BCUT2D eigenvalue weighted by Gasteiger charge is 2.51. The van der Waals surface area contributed by atoms with Gasteiger partial charge < -0.3 is 15.8 Å². The Morgan fingerprint density at radius 1 is 1.30 bits per heavy atom. The standard InChI is InChI=1S/C23H24F3N5O5S/c1-36-18-8-15(7-16(18)21(33)30-22(12-27)4-5-22)37(34,35)19-3-2-13(6-17(19)23(24,25)26)14-9-29-31(10-14)11-20(28)32/h2-3,6,9-10,15-16,18H,4-5,7-8,11H2,1H3,(H2,28,32)(H,30,33)/t15-,16-,18-/m0/s1. The van der Waals surface area contributed by atoms with Crippen LogP contribution in [0.4, 0.5) is 13.2 Å². The number of sulfone groups is 1. The lowest BCUT2D eigenvalue weighted by atomic mass is 10.0. The van der Waals surface area contributed by atoms with Gasteiger partial charge in [-0.2, -0.15) is 23.5 Å². The fraction of sp³-hybridized carbons (Fsp3) is 0.478. The molecule has 2 aliphatic carbocycles. The molecular formula is C23H24F3N5O5S. The fourth-order valence-corrected chi connectivity index (χ4v) is 6.58. The van der Waals surface area contributed by atoms with Gasteiger partial charge in [0.05, 0.1) is 40.0 Å². The van der Waals surface area contributed by atoms with E-state index in [4.69, 9.17) is 10.5 Å². The molecule has 0 radical (unpaired) electrons. The van der Waals surface area contributed by atoms with Gasteiger partial charge in [0.1, 0.15) is 12.1 Å². The van der Waals surface area contributed by atoms with Crippen molar-refractivity contribution in [2.75, 3.05) is 7.11 Å². The number of nitrogens with zero attached hydrogens (tertiary/aromatic N) is 3. The number of methoxy groups -OCH3 is 1. The first-order chi connectivity index (χ1) is 17.3. The zero-order valence-corrected chi connectivity index (χ0v) is 20.5. The van der Waals surface area contributed by atoms with Gasteiger partial charge in [0.25, 0.3) is 0 Å². The van der Waals surface area contributed by atoms with E-state index in [0.29, 0.717) is 12.8 Å². The summed E-state index contributed by atoms with van der Waals surface area (Å²) < 4.78 is 75.5. The number of halogens is 3. The van der Waals surface area contributed by atoms with Gasteiger partial charge in [0.15, 0.2) is 9.84 Å². The van der Waals surface area contributed by atoms with Crippen molar-refractivity contribution in [3.8, 4) is 17.2 Å². The van der Waals surface area contributed by atoms with Gasteiger partial charge in [-0.05, 0) is 43.4 Å². The minimum atomic E-state index is -5.00. The van der Waals surface area contributed by atoms with Crippen LogP contribution in [-0.4, -0.2) is 54.0 Å². The molecule has 2 aliphatic rings. The Labute approximate surface area is 210 Å². The summed E-state index contributed by atoms with van der Waals surface area (Å²) in [6.07, 6.45) is -2.73. The number of carbonyl (C=O) groups is 2. The number of carbonyl (C=O) groups excluding carboxylic acids is 2. The second kappa shape index (κ2) is 9.46. The van der Waals surface area contributed by atoms with E-state index in [1.54, 1.807) is 0 Å². The number of ether oxygens (including phenoxy) is 1. The lowest BCUT2D eigenvalue weighted by Crippen LogP contribution is -2.42. The molecule has 0 aliphatic heterocycles. The van der Waals surface area contributed by atoms with Crippen LogP contribution >= 0.6 is 0 Å². The van der Waals surface area contributed by atoms with Crippen LogP contribution in [0, 0.1) is 17.2 Å². The lowest BCUT2D eigenvalue weighted by Gasteiger charge is -2.19. The van der Waals surface area contributed by atoms with Crippen LogP contribution in [0.15, 0.2) is 35.5 Å². The Morgan fingerprint density at radius 3 is 2.57 bits per heavy atom. The predicted octanol–water partition coefficient (Wildman–Crippen LogP) is 1.79. The van der Waals surface area contributed by atoms with Gasteiger partial charge >= 0.3 is 6.18 Å². The van der Waals surface area contributed by atoms with E-state index >= 15 is 0 Å². The Kier molecular flexibility index (Phi) is 6.80. The number of nitrogens with two attached hydrogens (primary N) is 1. The number of hydrogen-bond donors (Lipinski definition) is 2. The quantitative estimate of drug-likeness (QED) is 0.518. The Bertz CT molecular complexity index is 1380. The molecule has 0 unspecified atom stereocenters. The van der Waals surface area contributed by atoms with Crippen molar-refractivity contribution < 1.29 is 35.9 Å².